The standard InChI is InChI=1S/C11H16F2N6O3/c12-2-11(3-20)7(21)5(13)6(22-11)4-1-16-9-8(14)17-10(15)18-19(4)9/h4-7,20-21H,1-3H2,(H4,14,15,17,18)/t4?,5-,6-,7-,11+/m0/s1. The largest absolute Gasteiger partial charge is 0.393 e. The van der Waals surface area contributed by atoms with Gasteiger partial charge in [-0.3, -0.25) is 4.99 Å². The number of aliphatic hydroxyl groups is 2. The lowest BCUT2D eigenvalue weighted by Gasteiger charge is -2.30. The topological polar surface area (TPSA) is 142 Å². The van der Waals surface area contributed by atoms with Crippen molar-refractivity contribution in [3.05, 3.63) is 0 Å². The average molecular weight is 318 g/mol. The molecule has 0 aromatic heterocycles. The van der Waals surface area contributed by atoms with E-state index in [4.69, 9.17) is 16.2 Å². The fourth-order valence-corrected chi connectivity index (χ4v) is 2.81. The lowest BCUT2D eigenvalue weighted by molar-refractivity contribution is -0.130. The van der Waals surface area contributed by atoms with Crippen LogP contribution >= 0.6 is 0 Å². The van der Waals surface area contributed by atoms with Gasteiger partial charge in [-0.05, 0) is 0 Å². The van der Waals surface area contributed by atoms with Crippen LogP contribution in [0, 0.1) is 0 Å². The third kappa shape index (κ3) is 1.96. The summed E-state index contributed by atoms with van der Waals surface area (Å²) in [5, 5.41) is 24.3. The molecule has 9 nitrogen and oxygen atoms in total. The minimum absolute atomic E-state index is 0.0304. The highest BCUT2D eigenvalue weighted by Gasteiger charge is 2.59. The number of ether oxygens (including phenoxy) is 1. The van der Waals surface area contributed by atoms with E-state index in [1.165, 1.54) is 5.01 Å². The van der Waals surface area contributed by atoms with Gasteiger partial charge in [0.25, 0.3) is 0 Å². The second kappa shape index (κ2) is 5.11. The Bertz CT molecular complexity index is 564. The van der Waals surface area contributed by atoms with Crippen molar-refractivity contribution in [3.8, 4) is 0 Å². The third-order valence-electron chi connectivity index (χ3n) is 4.03. The molecule has 122 valence electrons. The van der Waals surface area contributed by atoms with Crippen LogP contribution in [0.1, 0.15) is 0 Å². The number of hydrazone groups is 1. The van der Waals surface area contributed by atoms with E-state index in [1.54, 1.807) is 0 Å². The molecule has 6 N–H and O–H groups in total. The molecule has 1 unspecified atom stereocenters. The van der Waals surface area contributed by atoms with Crippen LogP contribution in [-0.2, 0) is 4.74 Å². The summed E-state index contributed by atoms with van der Waals surface area (Å²) in [7, 11) is 0. The molecule has 3 aliphatic rings. The van der Waals surface area contributed by atoms with Crippen LogP contribution < -0.4 is 11.5 Å². The van der Waals surface area contributed by atoms with Gasteiger partial charge in [0.1, 0.15) is 30.5 Å². The van der Waals surface area contributed by atoms with Gasteiger partial charge in [-0.25, -0.2) is 13.8 Å². The Labute approximate surface area is 123 Å². The number of aliphatic hydroxyl groups excluding tert-OH is 2. The maximum absolute atomic E-state index is 14.4. The Morgan fingerprint density at radius 2 is 2.18 bits per heavy atom. The quantitative estimate of drug-likeness (QED) is 0.452. The molecule has 11 heteroatoms. The second-order valence-corrected chi connectivity index (χ2v) is 5.36. The van der Waals surface area contributed by atoms with E-state index in [2.05, 4.69) is 15.1 Å². The molecular formula is C11H16F2N6O3. The normalized spacial score (nSPS) is 41.1. The van der Waals surface area contributed by atoms with Gasteiger partial charge < -0.3 is 26.4 Å². The van der Waals surface area contributed by atoms with Crippen LogP contribution in [0.2, 0.25) is 0 Å². The van der Waals surface area contributed by atoms with Crippen LogP contribution in [0.4, 0.5) is 8.78 Å². The maximum Gasteiger partial charge on any atom is 0.240 e. The summed E-state index contributed by atoms with van der Waals surface area (Å²) in [5.41, 5.74) is 9.19. The van der Waals surface area contributed by atoms with Gasteiger partial charge in [-0.15, -0.1) is 5.10 Å². The van der Waals surface area contributed by atoms with Crippen molar-refractivity contribution in [1.29, 1.82) is 0 Å². The minimum atomic E-state index is -1.99. The Balaban J connectivity index is 1.86. The van der Waals surface area contributed by atoms with Crippen molar-refractivity contribution in [2.75, 3.05) is 19.8 Å². The zero-order valence-corrected chi connectivity index (χ0v) is 11.4. The zero-order chi connectivity index (χ0) is 16.1. The summed E-state index contributed by atoms with van der Waals surface area (Å²) in [6.07, 6.45) is -4.96. The first kappa shape index (κ1) is 15.1. The maximum atomic E-state index is 14.4. The second-order valence-electron chi connectivity index (χ2n) is 5.36. The van der Waals surface area contributed by atoms with Crippen LogP contribution in [0.25, 0.3) is 0 Å². The van der Waals surface area contributed by atoms with Crippen molar-refractivity contribution in [2.45, 2.75) is 30.0 Å². The Morgan fingerprint density at radius 3 is 2.77 bits per heavy atom. The molecule has 1 fully saturated rings. The number of fused-ring (bicyclic) bond motifs is 1. The summed E-state index contributed by atoms with van der Waals surface area (Å²) in [4.78, 5) is 7.84. The number of rotatable bonds is 3. The highest BCUT2D eigenvalue weighted by Crippen LogP contribution is 2.37. The average Bonchev–Trinajstić information content (AvgIpc) is 3.01. The molecule has 0 spiro atoms. The van der Waals surface area contributed by atoms with E-state index in [-0.39, 0.29) is 24.2 Å². The van der Waals surface area contributed by atoms with Crippen LogP contribution in [0.3, 0.4) is 0 Å². The predicted molar refractivity (Wildman–Crippen MR) is 72.7 cm³/mol. The van der Waals surface area contributed by atoms with E-state index >= 15 is 0 Å². The molecule has 0 saturated carbocycles. The first-order chi connectivity index (χ1) is 10.4. The Morgan fingerprint density at radius 1 is 1.45 bits per heavy atom. The number of nitrogens with zero attached hydrogens (tertiary/aromatic N) is 4. The minimum Gasteiger partial charge on any atom is -0.393 e. The fraction of sp³-hybridized carbons (Fsp3) is 0.727. The fourth-order valence-electron chi connectivity index (χ4n) is 2.81. The van der Waals surface area contributed by atoms with Crippen molar-refractivity contribution < 1.29 is 23.7 Å². The lowest BCUT2D eigenvalue weighted by atomic mass is 9.96. The Kier molecular flexibility index (Phi) is 3.50. The van der Waals surface area contributed by atoms with Gasteiger partial charge in [0.2, 0.25) is 5.96 Å². The van der Waals surface area contributed by atoms with E-state index in [0.29, 0.717) is 0 Å². The van der Waals surface area contributed by atoms with Gasteiger partial charge in [0, 0.05) is 0 Å². The molecule has 3 heterocycles. The third-order valence-corrected chi connectivity index (χ3v) is 4.03. The zero-order valence-electron chi connectivity index (χ0n) is 11.4. The predicted octanol–water partition coefficient (Wildman–Crippen LogP) is -2.53. The van der Waals surface area contributed by atoms with Gasteiger partial charge in [0.05, 0.1) is 13.2 Å². The summed E-state index contributed by atoms with van der Waals surface area (Å²) in [5.74, 6) is 0.116. The van der Waals surface area contributed by atoms with E-state index < -0.39 is 43.3 Å². The molecule has 0 aromatic rings. The van der Waals surface area contributed by atoms with E-state index in [9.17, 15) is 19.0 Å². The van der Waals surface area contributed by atoms with Gasteiger partial charge in [-0.2, -0.15) is 4.99 Å². The molecule has 0 radical (unpaired) electrons. The first-order valence-electron chi connectivity index (χ1n) is 6.62. The monoisotopic (exact) mass is 318 g/mol. The number of halogens is 2. The number of alkyl halides is 2. The van der Waals surface area contributed by atoms with Crippen molar-refractivity contribution >= 4 is 17.6 Å². The molecule has 3 aliphatic heterocycles. The van der Waals surface area contributed by atoms with Gasteiger partial charge >= 0.3 is 0 Å². The van der Waals surface area contributed by atoms with Crippen LogP contribution in [0.15, 0.2) is 15.1 Å². The number of hydrogen-bond donors (Lipinski definition) is 4. The number of guanidine groups is 1. The van der Waals surface area contributed by atoms with Crippen molar-refractivity contribution in [2.24, 2.45) is 26.6 Å². The summed E-state index contributed by atoms with van der Waals surface area (Å²) < 4.78 is 32.9. The first-order valence-corrected chi connectivity index (χ1v) is 6.62. The number of nitrogens with two attached hydrogens (primary N) is 2. The molecule has 22 heavy (non-hydrogen) atoms. The van der Waals surface area contributed by atoms with Crippen LogP contribution in [-0.4, -0.2) is 82.7 Å². The SMILES string of the molecule is NC1=NN2C(=NCC2[C@@H]2O[C@@](CO)(CF)[C@@H](O)[C@H]2F)C(N)=N1. The lowest BCUT2D eigenvalue weighted by Crippen LogP contribution is -2.51. The van der Waals surface area contributed by atoms with Gasteiger partial charge in [0.15, 0.2) is 17.8 Å². The molecule has 0 bridgehead atoms. The van der Waals surface area contributed by atoms with E-state index in [0.717, 1.165) is 0 Å². The van der Waals surface area contributed by atoms with Crippen molar-refractivity contribution in [3.63, 3.8) is 0 Å². The molecular weight excluding hydrogens is 302 g/mol. The highest BCUT2D eigenvalue weighted by molar-refractivity contribution is 6.42. The highest BCUT2D eigenvalue weighted by atomic mass is 19.1. The van der Waals surface area contributed by atoms with Crippen LogP contribution in [0.5, 0.6) is 0 Å². The summed E-state index contributed by atoms with van der Waals surface area (Å²) in [6.45, 7) is -2.01. The molecule has 0 aliphatic carbocycles. The smallest absolute Gasteiger partial charge is 0.240 e. The molecule has 3 rings (SSSR count). The molecule has 5 atom stereocenters. The molecule has 0 amide bonds. The molecule has 1 saturated heterocycles. The number of amidine groups is 2. The van der Waals surface area contributed by atoms with Gasteiger partial charge in [-0.1, -0.05) is 0 Å². The molecule has 0 aromatic carbocycles. The number of hydrogen-bond acceptors (Lipinski definition) is 9. The summed E-state index contributed by atoms with van der Waals surface area (Å²) >= 11 is 0. The van der Waals surface area contributed by atoms with Crippen molar-refractivity contribution in [1.82, 2.24) is 5.01 Å². The Hall–Kier alpha value is -1.85. The summed E-state index contributed by atoms with van der Waals surface area (Å²) in [6, 6.07) is -0.771. The van der Waals surface area contributed by atoms with E-state index in [1.807, 2.05) is 0 Å². The number of aliphatic imine (C=N–C) groups is 2.